The Balaban J connectivity index is 1.25. The molecular formula is C29H33FN4O2. The van der Waals surface area contributed by atoms with E-state index in [4.69, 9.17) is 4.74 Å². The van der Waals surface area contributed by atoms with Crippen molar-refractivity contribution in [3.8, 4) is 16.9 Å². The summed E-state index contributed by atoms with van der Waals surface area (Å²) in [5, 5.41) is 3.58. The number of nitrogens with one attached hydrogen (secondary N) is 1. The van der Waals surface area contributed by atoms with Gasteiger partial charge in [0.25, 0.3) is 5.91 Å². The maximum atomic E-state index is 13.4. The van der Waals surface area contributed by atoms with Gasteiger partial charge < -0.3 is 15.0 Å². The van der Waals surface area contributed by atoms with Gasteiger partial charge in [-0.1, -0.05) is 30.3 Å². The molecule has 3 heterocycles. The first-order valence-electron chi connectivity index (χ1n) is 12.7. The second-order valence-electron chi connectivity index (χ2n) is 9.99. The van der Waals surface area contributed by atoms with Crippen LogP contribution in [0.25, 0.3) is 11.1 Å². The summed E-state index contributed by atoms with van der Waals surface area (Å²) in [7, 11) is 0. The summed E-state index contributed by atoms with van der Waals surface area (Å²) < 4.78 is 19.1. The van der Waals surface area contributed by atoms with Crippen LogP contribution in [0.2, 0.25) is 0 Å². The maximum Gasteiger partial charge on any atom is 0.273 e. The lowest BCUT2D eigenvalue weighted by Crippen LogP contribution is -2.53. The molecule has 36 heavy (non-hydrogen) atoms. The highest BCUT2D eigenvalue weighted by atomic mass is 19.1. The molecule has 2 fully saturated rings. The van der Waals surface area contributed by atoms with Gasteiger partial charge in [0.05, 0.1) is 6.54 Å². The van der Waals surface area contributed by atoms with Crippen molar-refractivity contribution in [3.05, 3.63) is 83.9 Å². The minimum atomic E-state index is -0.297. The molecule has 5 rings (SSSR count). The highest BCUT2D eigenvalue weighted by molar-refractivity contribution is 5.99. The number of carbonyl (C=O) groups excluding carboxylic acids is 1. The monoisotopic (exact) mass is 488 g/mol. The smallest absolute Gasteiger partial charge is 0.273 e. The number of hydrogen-bond acceptors (Lipinski definition) is 5. The minimum absolute atomic E-state index is 0.0938. The van der Waals surface area contributed by atoms with Crippen LogP contribution in [0.15, 0.2) is 66.9 Å². The third-order valence-corrected chi connectivity index (χ3v) is 6.86. The molecule has 7 heteroatoms. The normalized spacial score (nSPS) is 22.5. The molecule has 0 aliphatic carbocycles. The summed E-state index contributed by atoms with van der Waals surface area (Å²) in [4.78, 5) is 22.2. The largest absolute Gasteiger partial charge is 0.489 e. The highest BCUT2D eigenvalue weighted by Gasteiger charge is 2.30. The molecule has 0 radical (unpaired) electrons. The van der Waals surface area contributed by atoms with E-state index < -0.39 is 0 Å². The predicted octanol–water partition coefficient (Wildman–Crippen LogP) is 4.36. The molecular weight excluding hydrogens is 455 g/mol. The van der Waals surface area contributed by atoms with Gasteiger partial charge >= 0.3 is 0 Å². The molecule has 3 atom stereocenters. The number of piperazine rings is 1. The molecule has 1 N–H and O–H groups in total. The van der Waals surface area contributed by atoms with Crippen LogP contribution in [0.1, 0.15) is 36.3 Å². The summed E-state index contributed by atoms with van der Waals surface area (Å²) in [5.41, 5.74) is 3.53. The Morgan fingerprint density at radius 2 is 1.75 bits per heavy atom. The van der Waals surface area contributed by atoms with Crippen molar-refractivity contribution < 1.29 is 13.9 Å². The zero-order valence-electron chi connectivity index (χ0n) is 20.9. The Morgan fingerprint density at radius 1 is 1.03 bits per heavy atom. The molecule has 1 amide bonds. The number of benzene rings is 2. The van der Waals surface area contributed by atoms with Crippen LogP contribution in [-0.4, -0.2) is 65.1 Å². The van der Waals surface area contributed by atoms with Gasteiger partial charge in [-0.05, 0) is 55.3 Å². The molecule has 2 unspecified atom stereocenters. The van der Waals surface area contributed by atoms with Crippen molar-refractivity contribution in [1.29, 1.82) is 0 Å². The van der Waals surface area contributed by atoms with E-state index in [0.29, 0.717) is 36.6 Å². The number of rotatable bonds is 6. The Hall–Kier alpha value is -3.29. The van der Waals surface area contributed by atoms with E-state index in [9.17, 15) is 9.18 Å². The van der Waals surface area contributed by atoms with Gasteiger partial charge in [0, 0.05) is 56.4 Å². The Bertz CT molecular complexity index is 1170. The average molecular weight is 489 g/mol. The molecule has 2 aliphatic heterocycles. The average Bonchev–Trinajstić information content (AvgIpc) is 3.33. The second-order valence-corrected chi connectivity index (χ2v) is 9.99. The van der Waals surface area contributed by atoms with Gasteiger partial charge in [-0.2, -0.15) is 0 Å². The lowest BCUT2D eigenvalue weighted by molar-refractivity contribution is 0.0767. The first-order chi connectivity index (χ1) is 17.4. The summed E-state index contributed by atoms with van der Waals surface area (Å²) in [6.45, 7) is 8.52. The lowest BCUT2D eigenvalue weighted by atomic mass is 10.0. The third-order valence-electron chi connectivity index (χ3n) is 6.86. The van der Waals surface area contributed by atoms with Crippen molar-refractivity contribution in [2.24, 2.45) is 0 Å². The number of carbonyl (C=O) groups is 1. The molecule has 2 aromatic carbocycles. The quantitative estimate of drug-likeness (QED) is 0.559. The van der Waals surface area contributed by atoms with Crippen LogP contribution in [0, 0.1) is 5.82 Å². The number of hydrogen-bond donors (Lipinski definition) is 1. The fourth-order valence-corrected chi connectivity index (χ4v) is 5.29. The van der Waals surface area contributed by atoms with Crippen molar-refractivity contribution in [2.75, 3.05) is 26.2 Å². The number of halogens is 1. The van der Waals surface area contributed by atoms with Gasteiger partial charge in [-0.3, -0.25) is 14.7 Å². The van der Waals surface area contributed by atoms with Crippen molar-refractivity contribution in [1.82, 2.24) is 20.1 Å². The topological polar surface area (TPSA) is 57.7 Å². The summed E-state index contributed by atoms with van der Waals surface area (Å²) >= 11 is 0. The molecule has 2 saturated heterocycles. The molecule has 1 aromatic heterocycles. The molecule has 0 spiro atoms. The Kier molecular flexibility index (Phi) is 7.30. The van der Waals surface area contributed by atoms with Crippen molar-refractivity contribution in [2.45, 2.75) is 45.0 Å². The summed E-state index contributed by atoms with van der Waals surface area (Å²) in [6, 6.07) is 19.3. The standard InChI is InChI=1S/C29H33FN4O2/c1-20-16-33(17-21(2)32-20)18-22-5-7-23(8-6-22)27-4-3-14-31-28(27)29(35)34-15-13-26(19-34)36-25-11-9-24(30)10-12-25/h3-12,14,20-21,26,32H,13,15-19H2,1-2H3/t20?,21?,26-/m0/s1. The van der Waals surface area contributed by atoms with Crippen molar-refractivity contribution >= 4 is 5.91 Å². The van der Waals surface area contributed by atoms with Gasteiger partial charge in [0.1, 0.15) is 23.4 Å². The van der Waals surface area contributed by atoms with Crippen LogP contribution in [0.5, 0.6) is 5.75 Å². The number of amides is 1. The zero-order valence-corrected chi connectivity index (χ0v) is 20.9. The lowest BCUT2D eigenvalue weighted by Gasteiger charge is -2.36. The number of ether oxygens (including phenoxy) is 1. The van der Waals surface area contributed by atoms with E-state index in [1.807, 2.05) is 12.1 Å². The molecule has 3 aromatic rings. The molecule has 6 nitrogen and oxygen atoms in total. The van der Waals surface area contributed by atoms with Gasteiger partial charge in [0.15, 0.2) is 0 Å². The van der Waals surface area contributed by atoms with E-state index in [1.165, 1.54) is 17.7 Å². The van der Waals surface area contributed by atoms with Gasteiger partial charge in [-0.15, -0.1) is 0 Å². The molecule has 188 valence electrons. The number of nitrogens with zero attached hydrogens (tertiary/aromatic N) is 3. The van der Waals surface area contributed by atoms with Crippen molar-refractivity contribution in [3.63, 3.8) is 0 Å². The van der Waals surface area contributed by atoms with E-state index in [-0.39, 0.29) is 17.8 Å². The fraction of sp³-hybridized carbons (Fsp3) is 0.379. The van der Waals surface area contributed by atoms with Crippen LogP contribution >= 0.6 is 0 Å². The number of likely N-dealkylation sites (tertiary alicyclic amines) is 1. The Labute approximate surface area is 212 Å². The number of aromatic nitrogens is 1. The first kappa shape index (κ1) is 24.4. The van der Waals surface area contributed by atoms with E-state index >= 15 is 0 Å². The molecule has 2 aliphatic rings. The van der Waals surface area contributed by atoms with Crippen LogP contribution in [0.4, 0.5) is 4.39 Å². The SMILES string of the molecule is CC1CN(Cc2ccc(-c3cccnc3C(=O)N3CC[C@H](Oc4ccc(F)cc4)C3)cc2)CC(C)N1. The molecule has 0 saturated carbocycles. The Morgan fingerprint density at radius 3 is 2.47 bits per heavy atom. The first-order valence-corrected chi connectivity index (χ1v) is 12.7. The van der Waals surface area contributed by atoms with Crippen LogP contribution in [0.3, 0.4) is 0 Å². The predicted molar refractivity (Wildman–Crippen MR) is 138 cm³/mol. The zero-order chi connectivity index (χ0) is 25.1. The fourth-order valence-electron chi connectivity index (χ4n) is 5.29. The second kappa shape index (κ2) is 10.8. The van der Waals surface area contributed by atoms with E-state index in [1.54, 1.807) is 23.2 Å². The van der Waals surface area contributed by atoms with Crippen LogP contribution in [-0.2, 0) is 6.54 Å². The number of pyridine rings is 1. The van der Waals surface area contributed by atoms with E-state index in [0.717, 1.165) is 37.2 Å². The van der Waals surface area contributed by atoms with Gasteiger partial charge in [0.2, 0.25) is 0 Å². The molecule has 0 bridgehead atoms. The highest BCUT2D eigenvalue weighted by Crippen LogP contribution is 2.26. The van der Waals surface area contributed by atoms with Crippen LogP contribution < -0.4 is 10.1 Å². The van der Waals surface area contributed by atoms with E-state index in [2.05, 4.69) is 53.3 Å². The maximum absolute atomic E-state index is 13.4. The summed E-state index contributed by atoms with van der Waals surface area (Å²) in [5.74, 6) is 0.219. The summed E-state index contributed by atoms with van der Waals surface area (Å²) in [6.07, 6.45) is 2.27. The third kappa shape index (κ3) is 5.74. The van der Waals surface area contributed by atoms with Gasteiger partial charge in [-0.25, -0.2) is 4.39 Å². The minimum Gasteiger partial charge on any atom is -0.489 e.